The molecule has 0 bridgehead atoms. The molecule has 0 radical (unpaired) electrons. The van der Waals surface area contributed by atoms with E-state index in [1.165, 1.54) is 0 Å². The Morgan fingerprint density at radius 1 is 0.929 bits per heavy atom. The van der Waals surface area contributed by atoms with Crippen molar-refractivity contribution in [1.29, 1.82) is 0 Å². The van der Waals surface area contributed by atoms with Crippen LogP contribution in [0.2, 0.25) is 0 Å². The Balaban J connectivity index is 4.88. The standard InChI is InChI=1S/C12H26O2/c1-9(2)8-11(6,13)12(7,14)10(3,4)5/h9,13-14H,8H2,1-7H3. The van der Waals surface area contributed by atoms with E-state index in [-0.39, 0.29) is 5.41 Å². The molecule has 0 saturated heterocycles. The first-order chi connectivity index (χ1) is 5.92. The van der Waals surface area contributed by atoms with Gasteiger partial charge in [0.1, 0.15) is 0 Å². The molecule has 0 aliphatic heterocycles. The molecule has 0 aromatic rings. The van der Waals surface area contributed by atoms with Crippen LogP contribution >= 0.6 is 0 Å². The number of hydrogen-bond acceptors (Lipinski definition) is 2. The highest BCUT2D eigenvalue weighted by atomic mass is 16.4. The van der Waals surface area contributed by atoms with Crippen LogP contribution in [0.25, 0.3) is 0 Å². The van der Waals surface area contributed by atoms with Crippen molar-refractivity contribution >= 4 is 0 Å². The van der Waals surface area contributed by atoms with E-state index in [9.17, 15) is 10.2 Å². The molecule has 0 spiro atoms. The van der Waals surface area contributed by atoms with Crippen molar-refractivity contribution in [1.82, 2.24) is 0 Å². The monoisotopic (exact) mass is 202 g/mol. The second-order valence-corrected chi connectivity index (χ2v) is 6.19. The van der Waals surface area contributed by atoms with Gasteiger partial charge in [-0.25, -0.2) is 0 Å². The predicted molar refractivity (Wildman–Crippen MR) is 60.2 cm³/mol. The van der Waals surface area contributed by atoms with E-state index in [0.29, 0.717) is 12.3 Å². The normalized spacial score (nSPS) is 21.9. The minimum absolute atomic E-state index is 0.328. The minimum atomic E-state index is -1.08. The molecule has 0 aliphatic carbocycles. The van der Waals surface area contributed by atoms with E-state index in [1.807, 2.05) is 34.6 Å². The van der Waals surface area contributed by atoms with Gasteiger partial charge in [-0.2, -0.15) is 0 Å². The molecular formula is C12H26O2. The predicted octanol–water partition coefficient (Wildman–Crippen LogP) is 2.58. The van der Waals surface area contributed by atoms with Gasteiger partial charge in [-0.05, 0) is 31.6 Å². The Labute approximate surface area is 88.3 Å². The number of aliphatic hydroxyl groups is 2. The maximum absolute atomic E-state index is 10.4. The molecule has 0 fully saturated rings. The average Bonchev–Trinajstić information content (AvgIpc) is 1.80. The molecule has 0 saturated carbocycles. The smallest absolute Gasteiger partial charge is 0.0950 e. The molecule has 2 nitrogen and oxygen atoms in total. The molecule has 2 unspecified atom stereocenters. The number of hydrogen-bond donors (Lipinski definition) is 2. The molecule has 2 atom stereocenters. The van der Waals surface area contributed by atoms with Crippen LogP contribution in [0.4, 0.5) is 0 Å². The van der Waals surface area contributed by atoms with Crippen molar-refractivity contribution in [3.8, 4) is 0 Å². The minimum Gasteiger partial charge on any atom is -0.387 e. The highest BCUT2D eigenvalue weighted by Gasteiger charge is 2.49. The van der Waals surface area contributed by atoms with Crippen LogP contribution in [0.5, 0.6) is 0 Å². The van der Waals surface area contributed by atoms with Crippen molar-refractivity contribution in [3.63, 3.8) is 0 Å². The van der Waals surface area contributed by atoms with Gasteiger partial charge in [-0.1, -0.05) is 34.6 Å². The molecular weight excluding hydrogens is 176 g/mol. The fourth-order valence-electron chi connectivity index (χ4n) is 1.80. The molecule has 2 heteroatoms. The Hall–Kier alpha value is -0.0800. The lowest BCUT2D eigenvalue weighted by Crippen LogP contribution is -2.58. The summed E-state index contributed by atoms with van der Waals surface area (Å²) in [6, 6.07) is 0. The van der Waals surface area contributed by atoms with Gasteiger partial charge >= 0.3 is 0 Å². The summed E-state index contributed by atoms with van der Waals surface area (Å²) < 4.78 is 0. The quantitative estimate of drug-likeness (QED) is 0.738. The summed E-state index contributed by atoms with van der Waals surface area (Å²) in [4.78, 5) is 0. The van der Waals surface area contributed by atoms with Crippen molar-refractivity contribution in [2.45, 2.75) is 66.1 Å². The summed E-state index contributed by atoms with van der Waals surface area (Å²) in [6.45, 7) is 13.4. The lowest BCUT2D eigenvalue weighted by Gasteiger charge is -2.48. The highest BCUT2D eigenvalue weighted by Crippen LogP contribution is 2.41. The Bertz CT molecular complexity index is 185. The van der Waals surface area contributed by atoms with Crippen LogP contribution in [0.15, 0.2) is 0 Å². The third-order valence-electron chi connectivity index (χ3n) is 3.31. The fraction of sp³-hybridized carbons (Fsp3) is 1.00. The largest absolute Gasteiger partial charge is 0.387 e. The summed E-state index contributed by atoms with van der Waals surface area (Å²) in [5.74, 6) is 0.374. The molecule has 86 valence electrons. The number of rotatable bonds is 3. The van der Waals surface area contributed by atoms with Crippen molar-refractivity contribution in [2.75, 3.05) is 0 Å². The third kappa shape index (κ3) is 2.71. The Morgan fingerprint density at radius 3 is 1.50 bits per heavy atom. The maximum atomic E-state index is 10.4. The van der Waals surface area contributed by atoms with Crippen LogP contribution in [-0.2, 0) is 0 Å². The van der Waals surface area contributed by atoms with Crippen LogP contribution < -0.4 is 0 Å². The first-order valence-electron chi connectivity index (χ1n) is 5.36. The zero-order valence-corrected chi connectivity index (χ0v) is 10.7. The Morgan fingerprint density at radius 2 is 1.29 bits per heavy atom. The van der Waals surface area contributed by atoms with Crippen molar-refractivity contribution in [3.05, 3.63) is 0 Å². The van der Waals surface area contributed by atoms with E-state index in [0.717, 1.165) is 0 Å². The lowest BCUT2D eigenvalue weighted by molar-refractivity contribution is -0.191. The molecule has 0 aromatic heterocycles. The molecule has 14 heavy (non-hydrogen) atoms. The first-order valence-corrected chi connectivity index (χ1v) is 5.36. The van der Waals surface area contributed by atoms with Gasteiger partial charge < -0.3 is 10.2 Å². The zero-order valence-electron chi connectivity index (χ0n) is 10.7. The second kappa shape index (κ2) is 3.82. The van der Waals surface area contributed by atoms with Gasteiger partial charge in [-0.15, -0.1) is 0 Å². The summed E-state index contributed by atoms with van der Waals surface area (Å²) in [6.07, 6.45) is 0.608. The molecule has 0 aliphatic rings. The lowest BCUT2D eigenvalue weighted by atomic mass is 9.66. The van der Waals surface area contributed by atoms with E-state index in [1.54, 1.807) is 13.8 Å². The molecule has 0 aromatic carbocycles. The summed E-state index contributed by atoms with van der Waals surface area (Å²) in [5, 5.41) is 20.7. The molecule has 0 heterocycles. The van der Waals surface area contributed by atoms with Gasteiger partial charge in [0.05, 0.1) is 11.2 Å². The SMILES string of the molecule is CC(C)CC(C)(O)C(C)(O)C(C)(C)C. The van der Waals surface area contributed by atoms with E-state index in [2.05, 4.69) is 0 Å². The maximum Gasteiger partial charge on any atom is 0.0950 e. The summed E-state index contributed by atoms with van der Waals surface area (Å²) >= 11 is 0. The van der Waals surface area contributed by atoms with E-state index in [4.69, 9.17) is 0 Å². The Kier molecular flexibility index (Phi) is 3.80. The van der Waals surface area contributed by atoms with Crippen LogP contribution in [0.1, 0.15) is 54.9 Å². The van der Waals surface area contributed by atoms with Gasteiger partial charge in [0.15, 0.2) is 0 Å². The fourth-order valence-corrected chi connectivity index (χ4v) is 1.80. The van der Waals surface area contributed by atoms with Crippen LogP contribution in [-0.4, -0.2) is 21.4 Å². The third-order valence-corrected chi connectivity index (χ3v) is 3.31. The van der Waals surface area contributed by atoms with Crippen molar-refractivity contribution in [2.24, 2.45) is 11.3 Å². The summed E-state index contributed by atoms with van der Waals surface area (Å²) in [5.41, 5.74) is -2.45. The van der Waals surface area contributed by atoms with Crippen molar-refractivity contribution < 1.29 is 10.2 Å². The van der Waals surface area contributed by atoms with Gasteiger partial charge in [0.25, 0.3) is 0 Å². The van der Waals surface area contributed by atoms with Crippen LogP contribution in [0.3, 0.4) is 0 Å². The average molecular weight is 202 g/mol. The molecule has 2 N–H and O–H groups in total. The zero-order chi connectivity index (χ0) is 11.8. The second-order valence-electron chi connectivity index (χ2n) is 6.19. The van der Waals surface area contributed by atoms with E-state index >= 15 is 0 Å². The van der Waals surface area contributed by atoms with Gasteiger partial charge in [0.2, 0.25) is 0 Å². The topological polar surface area (TPSA) is 40.5 Å². The molecule has 0 amide bonds. The van der Waals surface area contributed by atoms with E-state index < -0.39 is 11.2 Å². The van der Waals surface area contributed by atoms with Gasteiger partial charge in [0, 0.05) is 0 Å². The van der Waals surface area contributed by atoms with Crippen LogP contribution in [0, 0.1) is 11.3 Å². The first kappa shape index (κ1) is 13.9. The highest BCUT2D eigenvalue weighted by molar-refractivity contribution is 5.01. The molecule has 0 rings (SSSR count). The van der Waals surface area contributed by atoms with Gasteiger partial charge in [-0.3, -0.25) is 0 Å². The summed E-state index contributed by atoms with van der Waals surface area (Å²) in [7, 11) is 0.